The average Bonchev–Trinajstić information content (AvgIpc) is 3.03. The van der Waals surface area contributed by atoms with Gasteiger partial charge in [-0.2, -0.15) is 0 Å². The molecule has 0 aliphatic rings. The molecule has 0 saturated heterocycles. The molecule has 1 N–H and O–H groups in total. The summed E-state index contributed by atoms with van der Waals surface area (Å²) in [5.41, 5.74) is 0. The Morgan fingerprint density at radius 3 is 2.87 bits per heavy atom. The zero-order valence-corrected chi connectivity index (χ0v) is 14.8. The van der Waals surface area contributed by atoms with E-state index in [1.165, 1.54) is 23.5 Å². The lowest BCUT2D eigenvalue weighted by molar-refractivity contribution is 0.103. The number of carbonyl (C=O) groups is 1. The van der Waals surface area contributed by atoms with Crippen molar-refractivity contribution in [3.05, 3.63) is 38.9 Å². The highest BCUT2D eigenvalue weighted by atomic mass is 35.5. The van der Waals surface area contributed by atoms with Gasteiger partial charge >= 0.3 is 0 Å². The smallest absolute Gasteiger partial charge is 0.269 e. The fourth-order valence-corrected chi connectivity index (χ4v) is 4.46. The van der Waals surface area contributed by atoms with Gasteiger partial charge in [0, 0.05) is 16.5 Å². The summed E-state index contributed by atoms with van der Waals surface area (Å²) in [6, 6.07) is 4.27. The third kappa shape index (κ3) is 3.52. The Hall–Kier alpha value is -1.57. The van der Waals surface area contributed by atoms with E-state index < -0.39 is 0 Å². The molecule has 2 heterocycles. The molecule has 0 aliphatic carbocycles. The van der Waals surface area contributed by atoms with Crippen LogP contribution in [-0.2, 0) is 6.42 Å². The van der Waals surface area contributed by atoms with Crippen LogP contribution in [0.4, 0.5) is 9.52 Å². The summed E-state index contributed by atoms with van der Waals surface area (Å²) in [4.78, 5) is 12.7. The first-order valence-electron chi connectivity index (χ1n) is 6.95. The van der Waals surface area contributed by atoms with Crippen molar-refractivity contribution in [2.75, 3.05) is 5.32 Å². The highest BCUT2D eigenvalue weighted by Crippen LogP contribution is 2.36. The molecule has 0 bridgehead atoms. The zero-order chi connectivity index (χ0) is 16.6. The van der Waals surface area contributed by atoms with E-state index in [1.54, 1.807) is 6.07 Å². The lowest BCUT2D eigenvalue weighted by atomic mass is 10.1. The van der Waals surface area contributed by atoms with E-state index in [4.69, 9.17) is 11.6 Å². The summed E-state index contributed by atoms with van der Waals surface area (Å²) in [6.45, 7) is 4.19. The minimum absolute atomic E-state index is 0.328. The van der Waals surface area contributed by atoms with Gasteiger partial charge < -0.3 is 0 Å². The van der Waals surface area contributed by atoms with Gasteiger partial charge in [-0.1, -0.05) is 36.8 Å². The number of hydrogen-bond acceptors (Lipinski definition) is 5. The monoisotopic (exact) mass is 369 g/mol. The number of hydrogen-bond donors (Lipinski definition) is 1. The topological polar surface area (TPSA) is 54.9 Å². The summed E-state index contributed by atoms with van der Waals surface area (Å²) in [7, 11) is 0. The van der Waals surface area contributed by atoms with Gasteiger partial charge in [0.1, 0.15) is 15.7 Å². The Bertz CT molecular complexity index is 875. The highest BCUT2D eigenvalue weighted by Gasteiger charge is 2.19. The van der Waals surface area contributed by atoms with Gasteiger partial charge in [0.05, 0.1) is 5.02 Å². The molecule has 3 aromatic rings. The minimum atomic E-state index is -0.358. The van der Waals surface area contributed by atoms with E-state index in [0.29, 0.717) is 31.0 Å². The molecule has 0 saturated carbocycles. The van der Waals surface area contributed by atoms with Crippen molar-refractivity contribution in [2.45, 2.75) is 20.3 Å². The first-order valence-corrected chi connectivity index (χ1v) is 8.96. The number of aromatic nitrogens is 2. The molecule has 1 aromatic carbocycles. The predicted molar refractivity (Wildman–Crippen MR) is 93.2 cm³/mol. The van der Waals surface area contributed by atoms with E-state index in [1.807, 2.05) is 0 Å². The van der Waals surface area contributed by atoms with Crippen LogP contribution in [0, 0.1) is 11.7 Å². The summed E-state index contributed by atoms with van der Waals surface area (Å²) < 4.78 is 13.9. The first-order chi connectivity index (χ1) is 10.9. The molecule has 23 heavy (non-hydrogen) atoms. The van der Waals surface area contributed by atoms with Crippen LogP contribution in [-0.4, -0.2) is 16.1 Å². The maximum absolute atomic E-state index is 13.3. The number of fused-ring (bicyclic) bond motifs is 1. The summed E-state index contributed by atoms with van der Waals surface area (Å²) in [5, 5.41) is 13.0. The third-order valence-electron chi connectivity index (χ3n) is 3.07. The Morgan fingerprint density at radius 1 is 1.35 bits per heavy atom. The second-order valence-corrected chi connectivity index (χ2v) is 7.93. The van der Waals surface area contributed by atoms with E-state index in [0.717, 1.165) is 22.8 Å². The molecule has 2 aromatic heterocycles. The van der Waals surface area contributed by atoms with Crippen molar-refractivity contribution in [2.24, 2.45) is 5.92 Å². The van der Waals surface area contributed by atoms with E-state index in [9.17, 15) is 9.18 Å². The van der Waals surface area contributed by atoms with Gasteiger partial charge in [-0.3, -0.25) is 10.1 Å². The number of nitrogens with zero attached hydrogens (tertiary/aromatic N) is 2. The lowest BCUT2D eigenvalue weighted by Crippen LogP contribution is -2.10. The van der Waals surface area contributed by atoms with Gasteiger partial charge in [-0.05, 0) is 24.1 Å². The van der Waals surface area contributed by atoms with Crippen molar-refractivity contribution >= 4 is 55.4 Å². The van der Waals surface area contributed by atoms with E-state index >= 15 is 0 Å². The molecule has 0 atom stereocenters. The number of benzene rings is 1. The van der Waals surface area contributed by atoms with Crippen molar-refractivity contribution < 1.29 is 9.18 Å². The Labute approximate surface area is 145 Å². The van der Waals surface area contributed by atoms with Crippen LogP contribution < -0.4 is 5.32 Å². The number of halogens is 2. The average molecular weight is 370 g/mol. The normalized spacial score (nSPS) is 11.3. The highest BCUT2D eigenvalue weighted by molar-refractivity contribution is 7.22. The summed E-state index contributed by atoms with van der Waals surface area (Å²) >= 11 is 8.74. The number of rotatable bonds is 4. The lowest BCUT2D eigenvalue weighted by Gasteiger charge is -1.99. The first kappa shape index (κ1) is 16.3. The van der Waals surface area contributed by atoms with Gasteiger partial charge in [0.2, 0.25) is 5.13 Å². The Balaban J connectivity index is 1.83. The molecule has 0 spiro atoms. The molecule has 3 rings (SSSR count). The minimum Gasteiger partial charge on any atom is -0.296 e. The number of thiophene rings is 1. The Kier molecular flexibility index (Phi) is 4.61. The van der Waals surface area contributed by atoms with Crippen LogP contribution >= 0.6 is 34.3 Å². The quantitative estimate of drug-likeness (QED) is 0.704. The van der Waals surface area contributed by atoms with Crippen LogP contribution in [0.2, 0.25) is 5.02 Å². The second-order valence-electron chi connectivity index (χ2n) is 5.44. The van der Waals surface area contributed by atoms with Crippen molar-refractivity contribution in [1.82, 2.24) is 10.2 Å². The standard InChI is InChI=1S/C15H13ClFN3OS2/c1-7(2)5-11-19-20-15(23-11)18-14(21)13-12(16)9-4-3-8(17)6-10(9)22-13/h3-4,6-7H,5H2,1-2H3,(H,18,20,21). The van der Waals surface area contributed by atoms with Gasteiger partial charge in [-0.15, -0.1) is 21.5 Å². The van der Waals surface area contributed by atoms with Crippen molar-refractivity contribution in [3.8, 4) is 0 Å². The summed E-state index contributed by atoms with van der Waals surface area (Å²) in [6.07, 6.45) is 0.816. The molecule has 8 heteroatoms. The van der Waals surface area contributed by atoms with Crippen molar-refractivity contribution in [3.63, 3.8) is 0 Å². The van der Waals surface area contributed by atoms with E-state index in [-0.39, 0.29) is 11.7 Å². The second kappa shape index (κ2) is 6.51. The number of nitrogens with one attached hydrogen (secondary N) is 1. The van der Waals surface area contributed by atoms with Crippen LogP contribution in [0.15, 0.2) is 18.2 Å². The summed E-state index contributed by atoms with van der Waals surface area (Å²) in [5.74, 6) is -0.243. The van der Waals surface area contributed by atoms with Gasteiger partial charge in [-0.25, -0.2) is 4.39 Å². The van der Waals surface area contributed by atoms with Crippen LogP contribution in [0.1, 0.15) is 28.5 Å². The molecule has 4 nitrogen and oxygen atoms in total. The number of anilines is 1. The molecular weight excluding hydrogens is 357 g/mol. The number of carbonyl (C=O) groups excluding carboxylic acids is 1. The Morgan fingerprint density at radius 2 is 2.13 bits per heavy atom. The predicted octanol–water partition coefficient (Wildman–Crippen LogP) is 5.00. The fraction of sp³-hybridized carbons (Fsp3) is 0.267. The maximum atomic E-state index is 13.3. The fourth-order valence-electron chi connectivity index (χ4n) is 2.07. The largest absolute Gasteiger partial charge is 0.296 e. The molecule has 120 valence electrons. The van der Waals surface area contributed by atoms with Crippen LogP contribution in [0.5, 0.6) is 0 Å². The van der Waals surface area contributed by atoms with E-state index in [2.05, 4.69) is 29.4 Å². The van der Waals surface area contributed by atoms with Gasteiger partial charge in [0.15, 0.2) is 0 Å². The van der Waals surface area contributed by atoms with Crippen molar-refractivity contribution in [1.29, 1.82) is 0 Å². The SMILES string of the molecule is CC(C)Cc1nnc(NC(=O)c2sc3cc(F)ccc3c2Cl)s1. The third-order valence-corrected chi connectivity index (χ3v) is 5.58. The molecule has 0 aliphatic heterocycles. The zero-order valence-electron chi connectivity index (χ0n) is 12.4. The van der Waals surface area contributed by atoms with Crippen LogP contribution in [0.25, 0.3) is 10.1 Å². The molecule has 1 amide bonds. The maximum Gasteiger partial charge on any atom is 0.269 e. The molecule has 0 radical (unpaired) electrons. The molecular formula is C15H13ClFN3OS2. The molecule has 0 unspecified atom stereocenters. The molecule has 0 fully saturated rings. The van der Waals surface area contributed by atoms with Crippen LogP contribution in [0.3, 0.4) is 0 Å². The number of amides is 1. The van der Waals surface area contributed by atoms with Gasteiger partial charge in [0.25, 0.3) is 5.91 Å².